The number of anilines is 1. The maximum absolute atomic E-state index is 5.78. The molecule has 0 bridgehead atoms. The van der Waals surface area contributed by atoms with Crippen LogP contribution < -0.4 is 5.73 Å². The first-order chi connectivity index (χ1) is 6.22. The van der Waals surface area contributed by atoms with Gasteiger partial charge < -0.3 is 5.73 Å². The number of nitrogens with two attached hydrogens (primary N) is 1. The second-order valence-corrected chi connectivity index (χ2v) is 3.44. The molecule has 0 spiro atoms. The van der Waals surface area contributed by atoms with E-state index in [0.29, 0.717) is 11.7 Å². The summed E-state index contributed by atoms with van der Waals surface area (Å²) in [5.74, 6) is 2.02. The van der Waals surface area contributed by atoms with Gasteiger partial charge in [-0.2, -0.15) is 0 Å². The summed E-state index contributed by atoms with van der Waals surface area (Å²) in [5.41, 5.74) is 7.58. The van der Waals surface area contributed by atoms with Gasteiger partial charge in [0.05, 0.1) is 5.69 Å². The number of aryl methyl sites for hydroxylation is 1. The summed E-state index contributed by atoms with van der Waals surface area (Å²) in [6.07, 6.45) is 4.11. The first kappa shape index (κ1) is 8.23. The van der Waals surface area contributed by atoms with Crippen LogP contribution in [0.15, 0.2) is 6.58 Å². The van der Waals surface area contributed by atoms with Crippen LogP contribution in [0.25, 0.3) is 6.08 Å². The van der Waals surface area contributed by atoms with Crippen LogP contribution in [0.3, 0.4) is 0 Å². The summed E-state index contributed by atoms with van der Waals surface area (Å²) in [6, 6.07) is 0. The fraction of sp³-hybridized carbons (Fsp3) is 0.400. The zero-order chi connectivity index (χ0) is 9.42. The Bertz CT molecular complexity index is 330. The predicted molar refractivity (Wildman–Crippen MR) is 53.2 cm³/mol. The fourth-order valence-electron chi connectivity index (χ4n) is 1.40. The number of aromatic nitrogens is 2. The Kier molecular flexibility index (Phi) is 1.79. The summed E-state index contributed by atoms with van der Waals surface area (Å²) in [4.78, 5) is 8.67. The monoisotopic (exact) mass is 175 g/mol. The highest BCUT2D eigenvalue weighted by Gasteiger charge is 2.27. The van der Waals surface area contributed by atoms with Gasteiger partial charge in [-0.1, -0.05) is 12.7 Å². The molecule has 0 radical (unpaired) electrons. The third-order valence-corrected chi connectivity index (χ3v) is 2.33. The molecule has 0 aliphatic heterocycles. The molecule has 2 rings (SSSR count). The van der Waals surface area contributed by atoms with E-state index in [1.165, 1.54) is 12.8 Å². The van der Waals surface area contributed by atoms with E-state index in [2.05, 4.69) is 16.5 Å². The van der Waals surface area contributed by atoms with E-state index in [0.717, 1.165) is 17.1 Å². The minimum atomic E-state index is 0.555. The minimum absolute atomic E-state index is 0.555. The van der Waals surface area contributed by atoms with Gasteiger partial charge in [-0.05, 0) is 19.8 Å². The van der Waals surface area contributed by atoms with E-state index in [9.17, 15) is 0 Å². The summed E-state index contributed by atoms with van der Waals surface area (Å²) >= 11 is 0. The van der Waals surface area contributed by atoms with Gasteiger partial charge in [-0.25, -0.2) is 9.97 Å². The van der Waals surface area contributed by atoms with E-state index < -0.39 is 0 Å². The lowest BCUT2D eigenvalue weighted by Gasteiger charge is -2.05. The summed E-state index contributed by atoms with van der Waals surface area (Å²) < 4.78 is 0. The van der Waals surface area contributed by atoms with E-state index in [4.69, 9.17) is 5.73 Å². The first-order valence-corrected chi connectivity index (χ1v) is 4.49. The Hall–Kier alpha value is -1.38. The van der Waals surface area contributed by atoms with Gasteiger partial charge in [0.15, 0.2) is 0 Å². The molecule has 3 heteroatoms. The summed E-state index contributed by atoms with van der Waals surface area (Å²) in [7, 11) is 0. The Morgan fingerprint density at radius 3 is 2.62 bits per heavy atom. The van der Waals surface area contributed by atoms with Gasteiger partial charge in [0, 0.05) is 11.5 Å². The fourth-order valence-corrected chi connectivity index (χ4v) is 1.40. The van der Waals surface area contributed by atoms with Gasteiger partial charge in [0.1, 0.15) is 11.6 Å². The van der Waals surface area contributed by atoms with Crippen molar-refractivity contribution >= 4 is 11.9 Å². The van der Waals surface area contributed by atoms with Crippen molar-refractivity contribution in [3.05, 3.63) is 23.7 Å². The van der Waals surface area contributed by atoms with Crippen molar-refractivity contribution in [3.63, 3.8) is 0 Å². The van der Waals surface area contributed by atoms with E-state index in [-0.39, 0.29) is 0 Å². The number of nitrogen functional groups attached to an aromatic ring is 1. The van der Waals surface area contributed by atoms with Crippen LogP contribution >= 0.6 is 0 Å². The zero-order valence-corrected chi connectivity index (χ0v) is 7.75. The third kappa shape index (κ3) is 1.41. The molecular weight excluding hydrogens is 162 g/mol. The Morgan fingerprint density at radius 1 is 1.46 bits per heavy atom. The molecule has 0 saturated heterocycles. The van der Waals surface area contributed by atoms with Gasteiger partial charge in [0.25, 0.3) is 0 Å². The van der Waals surface area contributed by atoms with Crippen molar-refractivity contribution in [3.8, 4) is 0 Å². The number of hydrogen-bond acceptors (Lipinski definition) is 3. The standard InChI is InChI=1S/C10H13N3/c1-3-8-6(2)12-10(7-4-5-7)13-9(8)11/h3,7H,1,4-5H2,2H3,(H2,11,12,13). The SMILES string of the molecule is C=Cc1c(C)nc(C2CC2)nc1N. The van der Waals surface area contributed by atoms with Crippen LogP contribution in [0, 0.1) is 6.92 Å². The molecular formula is C10H13N3. The second kappa shape index (κ2) is 2.83. The van der Waals surface area contributed by atoms with E-state index in [1.54, 1.807) is 6.08 Å². The third-order valence-electron chi connectivity index (χ3n) is 2.33. The summed E-state index contributed by atoms with van der Waals surface area (Å²) in [6.45, 7) is 5.63. The molecule has 0 amide bonds. The largest absolute Gasteiger partial charge is 0.383 e. The molecule has 0 atom stereocenters. The lowest BCUT2D eigenvalue weighted by Crippen LogP contribution is -2.03. The summed E-state index contributed by atoms with van der Waals surface area (Å²) in [5, 5.41) is 0. The van der Waals surface area contributed by atoms with Crippen molar-refractivity contribution in [1.29, 1.82) is 0 Å². The second-order valence-electron chi connectivity index (χ2n) is 3.44. The van der Waals surface area contributed by atoms with E-state index >= 15 is 0 Å². The topological polar surface area (TPSA) is 51.8 Å². The molecule has 1 saturated carbocycles. The lowest BCUT2D eigenvalue weighted by molar-refractivity contribution is 0.908. The van der Waals surface area contributed by atoms with Crippen LogP contribution in [0.2, 0.25) is 0 Å². The predicted octanol–water partition coefficient (Wildman–Crippen LogP) is 1.89. The normalized spacial score (nSPS) is 15.8. The first-order valence-electron chi connectivity index (χ1n) is 4.49. The Morgan fingerprint density at radius 2 is 2.15 bits per heavy atom. The van der Waals surface area contributed by atoms with Gasteiger partial charge in [0.2, 0.25) is 0 Å². The van der Waals surface area contributed by atoms with Crippen molar-refractivity contribution in [2.75, 3.05) is 5.73 Å². The molecule has 1 aromatic rings. The maximum atomic E-state index is 5.78. The average molecular weight is 175 g/mol. The van der Waals surface area contributed by atoms with Crippen LogP contribution in [-0.4, -0.2) is 9.97 Å². The molecule has 0 aromatic carbocycles. The smallest absolute Gasteiger partial charge is 0.134 e. The molecule has 13 heavy (non-hydrogen) atoms. The highest BCUT2D eigenvalue weighted by molar-refractivity contribution is 5.61. The van der Waals surface area contributed by atoms with Crippen molar-refractivity contribution in [2.24, 2.45) is 0 Å². The van der Waals surface area contributed by atoms with Gasteiger partial charge in [-0.3, -0.25) is 0 Å². The quantitative estimate of drug-likeness (QED) is 0.746. The number of nitrogens with zero attached hydrogens (tertiary/aromatic N) is 2. The number of hydrogen-bond donors (Lipinski definition) is 1. The van der Waals surface area contributed by atoms with Gasteiger partial charge >= 0.3 is 0 Å². The van der Waals surface area contributed by atoms with Crippen molar-refractivity contribution < 1.29 is 0 Å². The number of rotatable bonds is 2. The van der Waals surface area contributed by atoms with Crippen molar-refractivity contribution in [2.45, 2.75) is 25.7 Å². The van der Waals surface area contributed by atoms with E-state index in [1.807, 2.05) is 6.92 Å². The molecule has 2 N–H and O–H groups in total. The highest BCUT2D eigenvalue weighted by Crippen LogP contribution is 2.38. The molecule has 3 nitrogen and oxygen atoms in total. The van der Waals surface area contributed by atoms with Crippen LogP contribution in [0.1, 0.15) is 35.8 Å². The van der Waals surface area contributed by atoms with Crippen LogP contribution in [0.5, 0.6) is 0 Å². The minimum Gasteiger partial charge on any atom is -0.383 e. The van der Waals surface area contributed by atoms with Crippen LogP contribution in [0.4, 0.5) is 5.82 Å². The molecule has 1 aliphatic carbocycles. The van der Waals surface area contributed by atoms with Gasteiger partial charge in [-0.15, -0.1) is 0 Å². The average Bonchev–Trinajstić information content (AvgIpc) is 2.85. The molecule has 1 heterocycles. The molecule has 0 unspecified atom stereocenters. The molecule has 1 aromatic heterocycles. The molecule has 1 aliphatic rings. The van der Waals surface area contributed by atoms with Crippen molar-refractivity contribution in [1.82, 2.24) is 9.97 Å². The Balaban J connectivity index is 2.48. The Labute approximate surface area is 77.7 Å². The maximum Gasteiger partial charge on any atom is 0.134 e. The van der Waals surface area contributed by atoms with Crippen LogP contribution in [-0.2, 0) is 0 Å². The molecule has 1 fully saturated rings. The lowest BCUT2D eigenvalue weighted by atomic mass is 10.2. The highest BCUT2D eigenvalue weighted by atomic mass is 15.0. The zero-order valence-electron chi connectivity index (χ0n) is 7.75. The molecule has 68 valence electrons.